The second-order valence-electron chi connectivity index (χ2n) is 4.01. The number of rotatable bonds is 2. The summed E-state index contributed by atoms with van der Waals surface area (Å²) in [5.74, 6) is 0. The Bertz CT molecular complexity index is 673. The zero-order valence-electron chi connectivity index (χ0n) is 9.48. The van der Waals surface area contributed by atoms with Crippen molar-refractivity contribution >= 4 is 49.4 Å². The Morgan fingerprint density at radius 3 is 2.72 bits per heavy atom. The normalized spacial score (nSPS) is 10.7. The Hall–Kier alpha value is -1.71. The quantitative estimate of drug-likeness (QED) is 0.654. The van der Waals surface area contributed by atoms with E-state index in [9.17, 15) is 0 Å². The van der Waals surface area contributed by atoms with Gasteiger partial charge in [-0.3, -0.25) is 0 Å². The van der Waals surface area contributed by atoms with E-state index in [4.69, 9.17) is 17.3 Å². The molecule has 0 aliphatic rings. The summed E-state index contributed by atoms with van der Waals surface area (Å²) in [5.41, 5.74) is 7.45. The molecule has 0 aliphatic carbocycles. The zero-order chi connectivity index (χ0) is 12.5. The number of nitrogens with one attached hydrogen (secondary N) is 1. The van der Waals surface area contributed by atoms with Crippen molar-refractivity contribution in [3.8, 4) is 0 Å². The number of nitrogens with two attached hydrogens (primary N) is 1. The van der Waals surface area contributed by atoms with E-state index in [0.717, 1.165) is 10.7 Å². The fourth-order valence-corrected chi connectivity index (χ4v) is 2.96. The van der Waals surface area contributed by atoms with Crippen LogP contribution in [0.15, 0.2) is 48.5 Å². The summed E-state index contributed by atoms with van der Waals surface area (Å²) in [6.07, 6.45) is 0. The van der Waals surface area contributed by atoms with Gasteiger partial charge in [-0.2, -0.15) is 0 Å². The lowest BCUT2D eigenvalue weighted by atomic mass is 10.2. The van der Waals surface area contributed by atoms with Gasteiger partial charge in [-0.15, -0.1) is 11.3 Å². The van der Waals surface area contributed by atoms with Crippen LogP contribution < -0.4 is 11.1 Å². The molecule has 0 unspecified atom stereocenters. The molecule has 1 heterocycles. The molecule has 4 heteroatoms. The van der Waals surface area contributed by atoms with E-state index < -0.39 is 0 Å². The minimum atomic E-state index is 0.674. The van der Waals surface area contributed by atoms with Crippen molar-refractivity contribution in [1.29, 1.82) is 0 Å². The standard InChI is InChI=1S/C14H11ClN2S/c15-10-5-6-11(16)12(8-10)17-14-7-9-3-1-2-4-13(9)18-14/h1-8,17H,16H2. The Morgan fingerprint density at radius 1 is 1.06 bits per heavy atom. The molecule has 0 saturated heterocycles. The fourth-order valence-electron chi connectivity index (χ4n) is 1.81. The summed E-state index contributed by atoms with van der Waals surface area (Å²) in [6, 6.07) is 15.8. The number of benzene rings is 2. The van der Waals surface area contributed by atoms with Gasteiger partial charge in [-0.1, -0.05) is 29.8 Å². The highest BCUT2D eigenvalue weighted by molar-refractivity contribution is 7.22. The van der Waals surface area contributed by atoms with Crippen molar-refractivity contribution in [3.05, 3.63) is 53.6 Å². The first-order chi connectivity index (χ1) is 8.72. The van der Waals surface area contributed by atoms with Crippen molar-refractivity contribution < 1.29 is 0 Å². The molecule has 0 atom stereocenters. The Morgan fingerprint density at radius 2 is 1.89 bits per heavy atom. The van der Waals surface area contributed by atoms with Gasteiger partial charge in [-0.05, 0) is 35.7 Å². The lowest BCUT2D eigenvalue weighted by molar-refractivity contribution is 1.60. The highest BCUT2D eigenvalue weighted by atomic mass is 35.5. The zero-order valence-corrected chi connectivity index (χ0v) is 11.1. The predicted octanol–water partition coefficient (Wildman–Crippen LogP) is 4.88. The van der Waals surface area contributed by atoms with E-state index in [-0.39, 0.29) is 0 Å². The first kappa shape index (κ1) is 11.4. The number of anilines is 3. The molecule has 0 saturated carbocycles. The largest absolute Gasteiger partial charge is 0.397 e. The molecule has 2 aromatic carbocycles. The SMILES string of the molecule is Nc1ccc(Cl)cc1Nc1cc2ccccc2s1. The van der Waals surface area contributed by atoms with Crippen molar-refractivity contribution in [2.45, 2.75) is 0 Å². The molecular formula is C14H11ClN2S. The van der Waals surface area contributed by atoms with Crippen LogP contribution >= 0.6 is 22.9 Å². The monoisotopic (exact) mass is 274 g/mol. The van der Waals surface area contributed by atoms with E-state index in [0.29, 0.717) is 10.7 Å². The molecule has 3 N–H and O–H groups in total. The first-order valence-corrected chi connectivity index (χ1v) is 6.72. The molecule has 0 aliphatic heterocycles. The van der Waals surface area contributed by atoms with Crippen molar-refractivity contribution in [2.75, 3.05) is 11.1 Å². The molecule has 18 heavy (non-hydrogen) atoms. The average molecular weight is 275 g/mol. The van der Waals surface area contributed by atoms with Crippen LogP contribution in [0, 0.1) is 0 Å². The van der Waals surface area contributed by atoms with E-state index in [1.807, 2.05) is 18.2 Å². The van der Waals surface area contributed by atoms with Crippen LogP contribution in [0.1, 0.15) is 0 Å². The minimum absolute atomic E-state index is 0.674. The topological polar surface area (TPSA) is 38.0 Å². The van der Waals surface area contributed by atoms with Crippen LogP contribution in [0.5, 0.6) is 0 Å². The van der Waals surface area contributed by atoms with Gasteiger partial charge in [0.25, 0.3) is 0 Å². The van der Waals surface area contributed by atoms with Gasteiger partial charge < -0.3 is 11.1 Å². The Kier molecular flexibility index (Phi) is 2.86. The number of hydrogen-bond acceptors (Lipinski definition) is 3. The summed E-state index contributed by atoms with van der Waals surface area (Å²) >= 11 is 7.67. The summed E-state index contributed by atoms with van der Waals surface area (Å²) in [5, 5.41) is 6.27. The molecule has 90 valence electrons. The van der Waals surface area contributed by atoms with Gasteiger partial charge in [-0.25, -0.2) is 0 Å². The number of fused-ring (bicyclic) bond motifs is 1. The third-order valence-electron chi connectivity index (χ3n) is 2.70. The van der Waals surface area contributed by atoms with Crippen LogP contribution in [0.25, 0.3) is 10.1 Å². The van der Waals surface area contributed by atoms with Crippen LogP contribution in [0.2, 0.25) is 5.02 Å². The molecule has 3 aromatic rings. The van der Waals surface area contributed by atoms with Crippen molar-refractivity contribution in [1.82, 2.24) is 0 Å². The maximum atomic E-state index is 5.97. The summed E-state index contributed by atoms with van der Waals surface area (Å²) in [4.78, 5) is 0. The number of nitrogen functional groups attached to an aromatic ring is 1. The fraction of sp³-hybridized carbons (Fsp3) is 0. The maximum absolute atomic E-state index is 5.97. The van der Waals surface area contributed by atoms with Gasteiger partial charge in [0.15, 0.2) is 0 Å². The van der Waals surface area contributed by atoms with E-state index >= 15 is 0 Å². The highest BCUT2D eigenvalue weighted by Gasteiger charge is 2.04. The van der Waals surface area contributed by atoms with Crippen LogP contribution in [-0.4, -0.2) is 0 Å². The number of thiophene rings is 1. The van der Waals surface area contributed by atoms with E-state index in [2.05, 4.69) is 23.5 Å². The van der Waals surface area contributed by atoms with Crippen molar-refractivity contribution in [2.24, 2.45) is 0 Å². The van der Waals surface area contributed by atoms with E-state index in [1.54, 1.807) is 23.5 Å². The molecule has 0 radical (unpaired) electrons. The van der Waals surface area contributed by atoms with Crippen LogP contribution in [0.4, 0.5) is 16.4 Å². The molecule has 0 fully saturated rings. The molecule has 3 rings (SSSR count). The third kappa shape index (κ3) is 2.15. The Labute approximate surface area is 114 Å². The van der Waals surface area contributed by atoms with Gasteiger partial charge in [0.05, 0.1) is 16.4 Å². The number of hydrogen-bond donors (Lipinski definition) is 2. The molecule has 1 aromatic heterocycles. The second-order valence-corrected chi connectivity index (χ2v) is 5.53. The Balaban J connectivity index is 1.98. The third-order valence-corrected chi connectivity index (χ3v) is 3.97. The van der Waals surface area contributed by atoms with Gasteiger partial charge in [0.1, 0.15) is 0 Å². The van der Waals surface area contributed by atoms with Gasteiger partial charge >= 0.3 is 0 Å². The molecule has 0 bridgehead atoms. The van der Waals surface area contributed by atoms with E-state index in [1.165, 1.54) is 10.1 Å². The van der Waals surface area contributed by atoms with Crippen LogP contribution in [-0.2, 0) is 0 Å². The predicted molar refractivity (Wildman–Crippen MR) is 81.0 cm³/mol. The highest BCUT2D eigenvalue weighted by Crippen LogP contribution is 2.34. The lowest BCUT2D eigenvalue weighted by Crippen LogP contribution is -1.94. The summed E-state index contributed by atoms with van der Waals surface area (Å²) in [7, 11) is 0. The first-order valence-electron chi connectivity index (χ1n) is 5.53. The maximum Gasteiger partial charge on any atom is 0.0939 e. The molecule has 0 spiro atoms. The minimum Gasteiger partial charge on any atom is -0.397 e. The van der Waals surface area contributed by atoms with Gasteiger partial charge in [0.2, 0.25) is 0 Å². The van der Waals surface area contributed by atoms with Gasteiger partial charge in [0, 0.05) is 9.72 Å². The van der Waals surface area contributed by atoms with Crippen LogP contribution in [0.3, 0.4) is 0 Å². The number of halogens is 1. The average Bonchev–Trinajstić information content (AvgIpc) is 2.76. The molecule has 0 amide bonds. The smallest absolute Gasteiger partial charge is 0.0939 e. The molecular weight excluding hydrogens is 264 g/mol. The lowest BCUT2D eigenvalue weighted by Gasteiger charge is -2.07. The summed E-state index contributed by atoms with van der Waals surface area (Å²) in [6.45, 7) is 0. The summed E-state index contributed by atoms with van der Waals surface area (Å²) < 4.78 is 1.25. The molecule has 2 nitrogen and oxygen atoms in total. The van der Waals surface area contributed by atoms with Crippen molar-refractivity contribution in [3.63, 3.8) is 0 Å². The second kappa shape index (κ2) is 4.52.